The highest BCUT2D eigenvalue weighted by molar-refractivity contribution is 6.04. The van der Waals surface area contributed by atoms with Crippen LogP contribution in [0.4, 0.5) is 0 Å². The Hall–Kier alpha value is -3.94. The zero-order valence-corrected chi connectivity index (χ0v) is 18.3. The first-order valence-electron chi connectivity index (χ1n) is 11.0. The molecule has 1 saturated carbocycles. The van der Waals surface area contributed by atoms with Crippen molar-refractivity contribution in [3.05, 3.63) is 64.3 Å². The highest BCUT2D eigenvalue weighted by Crippen LogP contribution is 2.40. The number of aromatic nitrogens is 2. The largest absolute Gasteiger partial charge is 0.480 e. The molecule has 1 aliphatic rings. The summed E-state index contributed by atoms with van der Waals surface area (Å²) in [6, 6.07) is 10.2. The van der Waals surface area contributed by atoms with E-state index in [0.29, 0.717) is 23.1 Å². The number of amides is 1. The zero-order chi connectivity index (χ0) is 23.3. The first kappa shape index (κ1) is 20.9. The Kier molecular flexibility index (Phi) is 5.00. The number of nitrogens with zero attached hydrogens (tertiary/aromatic N) is 2. The van der Waals surface area contributed by atoms with E-state index in [2.05, 4.69) is 10.3 Å². The lowest BCUT2D eigenvalue weighted by Crippen LogP contribution is -2.40. The summed E-state index contributed by atoms with van der Waals surface area (Å²) >= 11 is 0. The van der Waals surface area contributed by atoms with Gasteiger partial charge in [0.15, 0.2) is 17.5 Å². The summed E-state index contributed by atoms with van der Waals surface area (Å²) in [5, 5.41) is 12.6. The van der Waals surface area contributed by atoms with Gasteiger partial charge < -0.3 is 19.4 Å². The summed E-state index contributed by atoms with van der Waals surface area (Å²) in [6.07, 6.45) is 3.53. The van der Waals surface area contributed by atoms with Gasteiger partial charge in [0.1, 0.15) is 6.04 Å². The number of aliphatic carboxylic acids is 1. The maximum absolute atomic E-state index is 13.1. The molecule has 8 nitrogen and oxygen atoms in total. The van der Waals surface area contributed by atoms with Crippen molar-refractivity contribution in [2.75, 3.05) is 0 Å². The topological polar surface area (TPSA) is 114 Å². The molecule has 1 atom stereocenters. The number of pyridine rings is 1. The second-order valence-corrected chi connectivity index (χ2v) is 8.42. The van der Waals surface area contributed by atoms with Crippen molar-refractivity contribution in [3.8, 4) is 11.1 Å². The second kappa shape index (κ2) is 7.88. The van der Waals surface area contributed by atoms with Gasteiger partial charge in [-0.05, 0) is 61.1 Å². The number of benzene rings is 2. The van der Waals surface area contributed by atoms with E-state index in [1.807, 2.05) is 35.8 Å². The monoisotopic (exact) mass is 445 g/mol. The number of hydrogen-bond donors (Lipinski definition) is 2. The number of oxazole rings is 1. The summed E-state index contributed by atoms with van der Waals surface area (Å²) in [5.74, 6) is -1.49. The van der Waals surface area contributed by atoms with Crippen LogP contribution in [0.1, 0.15) is 48.1 Å². The third-order valence-electron chi connectivity index (χ3n) is 6.29. The molecule has 1 unspecified atom stereocenters. The first-order chi connectivity index (χ1) is 15.9. The Morgan fingerprint density at radius 3 is 2.58 bits per heavy atom. The number of hydrogen-bond acceptors (Lipinski definition) is 5. The van der Waals surface area contributed by atoms with E-state index < -0.39 is 17.9 Å². The zero-order valence-electron chi connectivity index (χ0n) is 18.3. The maximum atomic E-state index is 13.1. The van der Waals surface area contributed by atoms with Crippen LogP contribution in [0, 0.1) is 6.92 Å². The predicted octanol–water partition coefficient (Wildman–Crippen LogP) is 4.05. The van der Waals surface area contributed by atoms with Gasteiger partial charge in [-0.3, -0.25) is 9.59 Å². The smallest absolute Gasteiger partial charge is 0.326 e. The van der Waals surface area contributed by atoms with Crippen molar-refractivity contribution < 1.29 is 19.1 Å². The molecule has 2 N–H and O–H groups in total. The van der Waals surface area contributed by atoms with Gasteiger partial charge in [0.2, 0.25) is 0 Å². The minimum Gasteiger partial charge on any atom is -0.480 e. The molecular formula is C25H23N3O5. The SMILES string of the molecule is CCC(NC(=O)c1ccc(-c2ccc3c4ocnc4c(=O)n(C4CC4)c3c2C)cc1)C(=O)O. The number of nitrogens with one attached hydrogen (secondary N) is 1. The van der Waals surface area contributed by atoms with Crippen LogP contribution < -0.4 is 10.9 Å². The Morgan fingerprint density at radius 2 is 1.94 bits per heavy atom. The Bertz CT molecular complexity index is 1460. The van der Waals surface area contributed by atoms with E-state index in [1.54, 1.807) is 19.1 Å². The van der Waals surface area contributed by atoms with Gasteiger partial charge in [-0.1, -0.05) is 25.1 Å². The maximum Gasteiger partial charge on any atom is 0.326 e. The molecule has 8 heteroatoms. The van der Waals surface area contributed by atoms with Gasteiger partial charge in [0.05, 0.1) is 5.52 Å². The van der Waals surface area contributed by atoms with Gasteiger partial charge in [-0.2, -0.15) is 0 Å². The van der Waals surface area contributed by atoms with E-state index in [4.69, 9.17) is 9.52 Å². The Morgan fingerprint density at radius 1 is 1.21 bits per heavy atom. The molecule has 33 heavy (non-hydrogen) atoms. The molecule has 5 rings (SSSR count). The van der Waals surface area contributed by atoms with Gasteiger partial charge in [-0.15, -0.1) is 0 Å². The minimum absolute atomic E-state index is 0.134. The fourth-order valence-corrected chi connectivity index (χ4v) is 4.37. The molecule has 1 fully saturated rings. The fourth-order valence-electron chi connectivity index (χ4n) is 4.37. The molecule has 0 aliphatic heterocycles. The van der Waals surface area contributed by atoms with Crippen LogP contribution in [0.3, 0.4) is 0 Å². The summed E-state index contributed by atoms with van der Waals surface area (Å²) < 4.78 is 7.40. The van der Waals surface area contributed by atoms with E-state index in [-0.39, 0.29) is 11.6 Å². The minimum atomic E-state index is -1.06. The van der Waals surface area contributed by atoms with Crippen LogP contribution in [-0.4, -0.2) is 32.6 Å². The Balaban J connectivity index is 1.57. The lowest BCUT2D eigenvalue weighted by Gasteiger charge is -2.16. The van der Waals surface area contributed by atoms with Gasteiger partial charge in [0, 0.05) is 17.0 Å². The molecule has 1 aliphatic carbocycles. The average molecular weight is 445 g/mol. The molecule has 0 saturated heterocycles. The average Bonchev–Trinajstić information content (AvgIpc) is 3.52. The van der Waals surface area contributed by atoms with Crippen LogP contribution in [0.5, 0.6) is 0 Å². The van der Waals surface area contributed by atoms with Crippen molar-refractivity contribution in [1.82, 2.24) is 14.9 Å². The summed E-state index contributed by atoms with van der Waals surface area (Å²) in [7, 11) is 0. The molecule has 0 spiro atoms. The molecule has 0 radical (unpaired) electrons. The molecule has 2 aromatic heterocycles. The molecule has 1 amide bonds. The van der Waals surface area contributed by atoms with Crippen LogP contribution in [0.2, 0.25) is 0 Å². The lowest BCUT2D eigenvalue weighted by molar-refractivity contribution is -0.139. The number of rotatable bonds is 6. The van der Waals surface area contributed by atoms with Crippen molar-refractivity contribution in [2.45, 2.75) is 45.2 Å². The number of carboxylic acid groups (broad SMARTS) is 1. The van der Waals surface area contributed by atoms with Gasteiger partial charge in [0.25, 0.3) is 11.5 Å². The quantitative estimate of drug-likeness (QED) is 0.463. The van der Waals surface area contributed by atoms with Crippen LogP contribution >= 0.6 is 0 Å². The number of carbonyl (C=O) groups excluding carboxylic acids is 1. The summed E-state index contributed by atoms with van der Waals surface area (Å²) in [5.41, 5.74) is 4.73. The molecule has 2 heterocycles. The van der Waals surface area contributed by atoms with Gasteiger partial charge in [-0.25, -0.2) is 9.78 Å². The van der Waals surface area contributed by atoms with E-state index in [1.165, 1.54) is 6.39 Å². The van der Waals surface area contributed by atoms with E-state index >= 15 is 0 Å². The van der Waals surface area contributed by atoms with E-state index in [9.17, 15) is 14.4 Å². The summed E-state index contributed by atoms with van der Waals surface area (Å²) in [6.45, 7) is 3.69. The second-order valence-electron chi connectivity index (χ2n) is 8.42. The van der Waals surface area contributed by atoms with E-state index in [0.717, 1.165) is 40.4 Å². The summed E-state index contributed by atoms with van der Waals surface area (Å²) in [4.78, 5) is 40.9. The predicted molar refractivity (Wildman–Crippen MR) is 123 cm³/mol. The highest BCUT2D eigenvalue weighted by atomic mass is 16.4. The highest BCUT2D eigenvalue weighted by Gasteiger charge is 2.29. The molecule has 2 aromatic carbocycles. The molecular weight excluding hydrogens is 422 g/mol. The number of fused-ring (bicyclic) bond motifs is 3. The molecule has 0 bridgehead atoms. The fraction of sp³-hybridized carbons (Fsp3) is 0.280. The number of aryl methyl sites for hydroxylation is 1. The van der Waals surface area contributed by atoms with Crippen molar-refractivity contribution >= 4 is 33.9 Å². The van der Waals surface area contributed by atoms with Crippen LogP contribution in [0.15, 0.2) is 52.0 Å². The molecule has 168 valence electrons. The van der Waals surface area contributed by atoms with Crippen LogP contribution in [0.25, 0.3) is 33.1 Å². The standard InChI is InChI=1S/C25H23N3O5/c1-3-19(25(31)32)27-23(29)15-6-4-14(5-7-15)17-10-11-18-21(13(17)2)28(16-8-9-16)24(30)20-22(18)33-12-26-20/h4-7,10-12,16,19H,3,8-9H2,1-2H3,(H,27,29)(H,31,32). The molecule has 4 aromatic rings. The third kappa shape index (κ3) is 3.47. The Labute approximate surface area is 188 Å². The normalized spacial score (nSPS) is 14.5. The van der Waals surface area contributed by atoms with Crippen molar-refractivity contribution in [1.29, 1.82) is 0 Å². The third-order valence-corrected chi connectivity index (χ3v) is 6.29. The van der Waals surface area contributed by atoms with Crippen LogP contribution in [-0.2, 0) is 4.79 Å². The number of carbonyl (C=O) groups is 2. The first-order valence-corrected chi connectivity index (χ1v) is 11.0. The van der Waals surface area contributed by atoms with Gasteiger partial charge >= 0.3 is 5.97 Å². The lowest BCUT2D eigenvalue weighted by atomic mass is 9.96. The number of carboxylic acids is 1. The van der Waals surface area contributed by atoms with Crippen molar-refractivity contribution in [3.63, 3.8) is 0 Å². The van der Waals surface area contributed by atoms with Crippen molar-refractivity contribution in [2.24, 2.45) is 0 Å².